The van der Waals surface area contributed by atoms with Gasteiger partial charge in [-0.15, -0.1) is 0 Å². The van der Waals surface area contributed by atoms with Crippen molar-refractivity contribution in [2.24, 2.45) is 0 Å². The van der Waals surface area contributed by atoms with Crippen LogP contribution in [0.2, 0.25) is 5.02 Å². The number of methoxy groups -OCH3 is 1. The lowest BCUT2D eigenvalue weighted by atomic mass is 10.1. The zero-order valence-electron chi connectivity index (χ0n) is 15.2. The second kappa shape index (κ2) is 7.98. The third-order valence-electron chi connectivity index (χ3n) is 4.22. The Balaban J connectivity index is 1.84. The molecule has 7 heteroatoms. The third kappa shape index (κ3) is 4.23. The van der Waals surface area contributed by atoms with E-state index in [1.165, 1.54) is 4.90 Å². The number of hydrogen-bond donors (Lipinski definition) is 1. The van der Waals surface area contributed by atoms with Crippen LogP contribution in [0.4, 0.5) is 0 Å². The molecule has 1 heterocycles. The van der Waals surface area contributed by atoms with E-state index in [-0.39, 0.29) is 5.91 Å². The Morgan fingerprint density at radius 1 is 1.22 bits per heavy atom. The van der Waals surface area contributed by atoms with Crippen molar-refractivity contribution in [3.8, 4) is 11.5 Å². The maximum Gasteiger partial charge on any atom is 0.276 e. The van der Waals surface area contributed by atoms with Crippen molar-refractivity contribution in [3.63, 3.8) is 0 Å². The van der Waals surface area contributed by atoms with Gasteiger partial charge in [-0.1, -0.05) is 17.7 Å². The fourth-order valence-electron chi connectivity index (χ4n) is 2.72. The van der Waals surface area contributed by atoms with Gasteiger partial charge in [0.2, 0.25) is 0 Å². The number of benzene rings is 2. The number of nitrogens with zero attached hydrogens (tertiary/aromatic N) is 1. The first-order chi connectivity index (χ1) is 12.9. The van der Waals surface area contributed by atoms with Crippen LogP contribution in [0, 0.1) is 6.92 Å². The second-order valence-electron chi connectivity index (χ2n) is 6.12. The van der Waals surface area contributed by atoms with E-state index in [4.69, 9.17) is 33.3 Å². The molecule has 1 aliphatic rings. The molecule has 0 aliphatic carbocycles. The number of amides is 1. The minimum Gasteiger partial charge on any atom is -0.496 e. The normalized spacial score (nSPS) is 15.3. The molecule has 27 heavy (non-hydrogen) atoms. The summed E-state index contributed by atoms with van der Waals surface area (Å²) in [4.78, 5) is 13.6. The van der Waals surface area contributed by atoms with Crippen LogP contribution in [-0.4, -0.2) is 30.1 Å². The van der Waals surface area contributed by atoms with Crippen LogP contribution in [-0.2, 0) is 11.4 Å². The van der Waals surface area contributed by atoms with E-state index in [1.54, 1.807) is 26.3 Å². The first-order valence-electron chi connectivity index (χ1n) is 8.25. The summed E-state index contributed by atoms with van der Waals surface area (Å²) in [6.45, 7) is 2.26. The van der Waals surface area contributed by atoms with E-state index in [1.807, 2.05) is 37.3 Å². The zero-order valence-corrected chi connectivity index (χ0v) is 16.8. The highest BCUT2D eigenvalue weighted by molar-refractivity contribution is 7.80. The van der Waals surface area contributed by atoms with Gasteiger partial charge in [0.05, 0.1) is 7.11 Å². The average molecular weight is 403 g/mol. The standard InChI is InChI=1S/C20H19ClN2O3S/c1-12-8-15(21)5-7-17(12)26-11-14-9-13(4-6-18(14)25-3)10-16-19(24)23(2)20(27)22-16/h4-10H,11H2,1-3H3,(H,22,27)/b16-10+. The number of aryl methyl sites for hydroxylation is 1. The third-order valence-corrected chi connectivity index (χ3v) is 4.83. The molecule has 2 aromatic rings. The predicted molar refractivity (Wildman–Crippen MR) is 110 cm³/mol. The van der Waals surface area contributed by atoms with Crippen LogP contribution >= 0.6 is 23.8 Å². The van der Waals surface area contributed by atoms with Gasteiger partial charge in [-0.25, -0.2) is 0 Å². The van der Waals surface area contributed by atoms with Gasteiger partial charge in [0.1, 0.15) is 23.8 Å². The first-order valence-corrected chi connectivity index (χ1v) is 9.04. The number of rotatable bonds is 5. The molecule has 0 atom stereocenters. The number of nitrogens with one attached hydrogen (secondary N) is 1. The molecule has 0 unspecified atom stereocenters. The summed E-state index contributed by atoms with van der Waals surface area (Å²) in [5, 5.41) is 3.97. The molecule has 140 valence electrons. The Bertz CT molecular complexity index is 943. The Kier molecular flexibility index (Phi) is 5.68. The maximum atomic E-state index is 12.2. The fraction of sp³-hybridized carbons (Fsp3) is 0.200. The first kappa shape index (κ1) is 19.2. The Hall–Kier alpha value is -2.57. The molecule has 3 rings (SSSR count). The molecule has 0 aromatic heterocycles. The van der Waals surface area contributed by atoms with Crippen molar-refractivity contribution < 1.29 is 14.3 Å². The molecule has 5 nitrogen and oxygen atoms in total. The van der Waals surface area contributed by atoms with Crippen LogP contribution in [0.3, 0.4) is 0 Å². The maximum absolute atomic E-state index is 12.2. The topological polar surface area (TPSA) is 50.8 Å². The Morgan fingerprint density at radius 2 is 1.96 bits per heavy atom. The average Bonchev–Trinajstić information content (AvgIpc) is 2.88. The van der Waals surface area contributed by atoms with Gasteiger partial charge >= 0.3 is 0 Å². The summed E-state index contributed by atoms with van der Waals surface area (Å²) in [7, 11) is 3.25. The largest absolute Gasteiger partial charge is 0.496 e. The molecular weight excluding hydrogens is 384 g/mol. The highest BCUT2D eigenvalue weighted by Gasteiger charge is 2.26. The highest BCUT2D eigenvalue weighted by atomic mass is 35.5. The molecule has 0 radical (unpaired) electrons. The van der Waals surface area contributed by atoms with Crippen LogP contribution in [0.5, 0.6) is 11.5 Å². The van der Waals surface area contributed by atoms with Gasteiger partial charge < -0.3 is 14.8 Å². The molecule has 0 saturated carbocycles. The minimum atomic E-state index is -0.162. The molecule has 1 fully saturated rings. The molecule has 0 bridgehead atoms. The number of halogens is 1. The molecule has 0 spiro atoms. The van der Waals surface area contributed by atoms with Crippen molar-refractivity contribution in [2.45, 2.75) is 13.5 Å². The van der Waals surface area contributed by atoms with E-state index in [2.05, 4.69) is 5.32 Å². The number of hydrogen-bond acceptors (Lipinski definition) is 4. The van der Waals surface area contributed by atoms with Crippen LogP contribution in [0.1, 0.15) is 16.7 Å². The summed E-state index contributed by atoms with van der Waals surface area (Å²) < 4.78 is 11.4. The minimum absolute atomic E-state index is 0.162. The lowest BCUT2D eigenvalue weighted by Crippen LogP contribution is -2.25. The summed E-state index contributed by atoms with van der Waals surface area (Å²) in [5.74, 6) is 1.30. The molecule has 1 N–H and O–H groups in total. The van der Waals surface area contributed by atoms with Crippen molar-refractivity contribution in [1.29, 1.82) is 0 Å². The van der Waals surface area contributed by atoms with Crippen molar-refractivity contribution in [2.75, 3.05) is 14.2 Å². The summed E-state index contributed by atoms with van der Waals surface area (Å²) in [6, 6.07) is 11.1. The highest BCUT2D eigenvalue weighted by Crippen LogP contribution is 2.26. The van der Waals surface area contributed by atoms with Gasteiger partial charge in [-0.2, -0.15) is 0 Å². The Morgan fingerprint density at radius 3 is 2.59 bits per heavy atom. The summed E-state index contributed by atoms with van der Waals surface area (Å²) in [5.41, 5.74) is 3.10. The quantitative estimate of drug-likeness (QED) is 0.606. The van der Waals surface area contributed by atoms with Gasteiger partial charge in [0, 0.05) is 17.6 Å². The van der Waals surface area contributed by atoms with E-state index in [9.17, 15) is 4.79 Å². The van der Waals surface area contributed by atoms with Gasteiger partial charge in [0.25, 0.3) is 5.91 Å². The Labute approximate surface area is 168 Å². The monoisotopic (exact) mass is 402 g/mol. The van der Waals surface area contributed by atoms with E-state index >= 15 is 0 Å². The number of carbonyl (C=O) groups excluding carboxylic acids is 1. The molecule has 1 amide bonds. The molecule has 2 aromatic carbocycles. The SMILES string of the molecule is COc1ccc(/C=C2/NC(=S)N(C)C2=O)cc1COc1ccc(Cl)cc1C. The van der Waals surface area contributed by atoms with Crippen molar-refractivity contribution in [3.05, 3.63) is 63.8 Å². The molecule has 1 aliphatic heterocycles. The number of likely N-dealkylation sites (N-methyl/N-ethyl adjacent to an activating group) is 1. The molecular formula is C20H19ClN2O3S. The van der Waals surface area contributed by atoms with E-state index in [0.717, 1.165) is 22.4 Å². The van der Waals surface area contributed by atoms with Gasteiger partial charge in [-0.3, -0.25) is 9.69 Å². The van der Waals surface area contributed by atoms with Crippen LogP contribution in [0.25, 0.3) is 6.08 Å². The van der Waals surface area contributed by atoms with Crippen LogP contribution in [0.15, 0.2) is 42.1 Å². The van der Waals surface area contributed by atoms with Crippen molar-refractivity contribution in [1.82, 2.24) is 10.2 Å². The van der Waals surface area contributed by atoms with Crippen LogP contribution < -0.4 is 14.8 Å². The van der Waals surface area contributed by atoms with Gasteiger partial charge in [-0.05, 0) is 66.7 Å². The zero-order chi connectivity index (χ0) is 19.6. The second-order valence-corrected chi connectivity index (χ2v) is 6.95. The molecule has 1 saturated heterocycles. The fourth-order valence-corrected chi connectivity index (χ4v) is 3.14. The van der Waals surface area contributed by atoms with E-state index < -0.39 is 0 Å². The smallest absolute Gasteiger partial charge is 0.276 e. The summed E-state index contributed by atoms with van der Waals surface area (Å²) >= 11 is 11.1. The lowest BCUT2D eigenvalue weighted by Gasteiger charge is -2.13. The number of thiocarbonyl (C=S) groups is 1. The van der Waals surface area contributed by atoms with Crippen molar-refractivity contribution >= 4 is 40.9 Å². The van der Waals surface area contributed by atoms with Gasteiger partial charge in [0.15, 0.2) is 5.11 Å². The number of ether oxygens (including phenoxy) is 2. The van der Waals surface area contributed by atoms with E-state index in [0.29, 0.717) is 28.2 Å². The predicted octanol–water partition coefficient (Wildman–Crippen LogP) is 3.92. The lowest BCUT2D eigenvalue weighted by molar-refractivity contribution is -0.121. The summed E-state index contributed by atoms with van der Waals surface area (Å²) in [6.07, 6.45) is 1.76. The number of carbonyl (C=O) groups is 1.